The minimum absolute atomic E-state index is 0. The Morgan fingerprint density at radius 2 is 2.00 bits per heavy atom. The number of hydrogen-bond donors (Lipinski definition) is 2. The Balaban J connectivity index is 0.00000320. The molecule has 5 nitrogen and oxygen atoms in total. The van der Waals surface area contributed by atoms with Gasteiger partial charge in [-0.1, -0.05) is 36.4 Å². The fourth-order valence-electron chi connectivity index (χ4n) is 3.54. The van der Waals surface area contributed by atoms with E-state index in [1.807, 2.05) is 44.2 Å². The summed E-state index contributed by atoms with van der Waals surface area (Å²) < 4.78 is 19.4. The first-order valence-electron chi connectivity index (χ1n) is 10.2. The number of halogens is 2. The zero-order valence-electron chi connectivity index (χ0n) is 17.6. The van der Waals surface area contributed by atoms with Crippen LogP contribution in [0.5, 0.6) is 0 Å². The van der Waals surface area contributed by atoms with E-state index in [0.29, 0.717) is 19.7 Å². The summed E-state index contributed by atoms with van der Waals surface area (Å²) in [5.74, 6) is -0.286. The van der Waals surface area contributed by atoms with Crippen molar-refractivity contribution < 1.29 is 13.9 Å². The van der Waals surface area contributed by atoms with Crippen LogP contribution in [0.25, 0.3) is 0 Å². The van der Waals surface area contributed by atoms with Crippen LogP contribution in [0.4, 0.5) is 4.39 Å². The van der Waals surface area contributed by atoms with Crippen molar-refractivity contribution in [1.82, 2.24) is 15.5 Å². The molecule has 1 amide bonds. The number of ether oxygens (including phenoxy) is 1. The first-order chi connectivity index (χ1) is 14.0. The second-order valence-electron chi connectivity index (χ2n) is 7.65. The van der Waals surface area contributed by atoms with Gasteiger partial charge in [0.25, 0.3) is 0 Å². The van der Waals surface area contributed by atoms with Crippen LogP contribution in [0.1, 0.15) is 36.6 Å². The van der Waals surface area contributed by atoms with Crippen LogP contribution >= 0.6 is 12.4 Å². The molecule has 0 radical (unpaired) electrons. The molecule has 7 heteroatoms. The lowest BCUT2D eigenvalue weighted by Gasteiger charge is -2.36. The van der Waals surface area contributed by atoms with Gasteiger partial charge in [-0.25, -0.2) is 4.39 Å². The lowest BCUT2D eigenvalue weighted by molar-refractivity contribution is -0.123. The molecule has 1 atom stereocenters. The van der Waals surface area contributed by atoms with Gasteiger partial charge in [0.1, 0.15) is 5.82 Å². The van der Waals surface area contributed by atoms with Gasteiger partial charge < -0.3 is 15.4 Å². The quantitative estimate of drug-likeness (QED) is 0.667. The zero-order valence-corrected chi connectivity index (χ0v) is 18.4. The maximum Gasteiger partial charge on any atom is 0.234 e. The summed E-state index contributed by atoms with van der Waals surface area (Å²) in [6.07, 6.45) is 0.158. The minimum atomic E-state index is -0.252. The minimum Gasteiger partial charge on any atom is -0.374 e. The molecule has 0 spiro atoms. The molecule has 2 N–H and O–H groups in total. The monoisotopic (exact) mass is 435 g/mol. The van der Waals surface area contributed by atoms with Crippen molar-refractivity contribution in [3.8, 4) is 0 Å². The number of amides is 1. The molecule has 1 aliphatic rings. The Labute approximate surface area is 184 Å². The van der Waals surface area contributed by atoms with Gasteiger partial charge in [0, 0.05) is 32.2 Å². The van der Waals surface area contributed by atoms with E-state index in [2.05, 4.69) is 15.5 Å². The predicted molar refractivity (Wildman–Crippen MR) is 119 cm³/mol. The third-order valence-corrected chi connectivity index (χ3v) is 5.10. The van der Waals surface area contributed by atoms with E-state index in [1.54, 1.807) is 12.1 Å². The van der Waals surface area contributed by atoms with Crippen LogP contribution in [-0.4, -0.2) is 43.1 Å². The third-order valence-electron chi connectivity index (χ3n) is 5.10. The summed E-state index contributed by atoms with van der Waals surface area (Å²) >= 11 is 0. The number of nitrogens with one attached hydrogen (secondary N) is 2. The van der Waals surface area contributed by atoms with Crippen LogP contribution < -0.4 is 10.6 Å². The smallest absolute Gasteiger partial charge is 0.234 e. The van der Waals surface area contributed by atoms with Crippen molar-refractivity contribution in [3.63, 3.8) is 0 Å². The maximum absolute atomic E-state index is 13.6. The number of hydrogen-bond acceptors (Lipinski definition) is 4. The zero-order chi connectivity index (χ0) is 20.6. The molecule has 1 aliphatic heterocycles. The first-order valence-corrected chi connectivity index (χ1v) is 10.2. The largest absolute Gasteiger partial charge is 0.374 e. The normalized spacial score (nSPS) is 16.9. The number of piperazine rings is 1. The Hall–Kier alpha value is -1.99. The van der Waals surface area contributed by atoms with Crippen molar-refractivity contribution in [2.45, 2.75) is 39.1 Å². The summed E-state index contributed by atoms with van der Waals surface area (Å²) in [5, 5.41) is 6.36. The van der Waals surface area contributed by atoms with Gasteiger partial charge in [0.05, 0.1) is 19.3 Å². The molecule has 3 rings (SSSR count). The standard InChI is InChI=1S/C23H30FN3O2.ClH/c1-17(2)29-16-20-7-4-3-6-19(20)13-26-23(28)15-27-11-10-25-14-22(27)18-8-5-9-21(24)12-18;/h3-9,12,17,22,25H,10-11,13-16H2,1-2H3,(H,26,28);1H. The van der Waals surface area contributed by atoms with E-state index in [0.717, 1.165) is 29.8 Å². The van der Waals surface area contributed by atoms with Gasteiger partial charge in [-0.3, -0.25) is 9.69 Å². The van der Waals surface area contributed by atoms with Gasteiger partial charge in [0.2, 0.25) is 5.91 Å². The fraction of sp³-hybridized carbons (Fsp3) is 0.435. The number of carbonyl (C=O) groups is 1. The number of carbonyl (C=O) groups excluding carboxylic acids is 1. The fourth-order valence-corrected chi connectivity index (χ4v) is 3.54. The van der Waals surface area contributed by atoms with E-state index < -0.39 is 0 Å². The lowest BCUT2D eigenvalue weighted by atomic mass is 10.0. The average molecular weight is 436 g/mol. The van der Waals surface area contributed by atoms with Crippen molar-refractivity contribution in [3.05, 3.63) is 71.0 Å². The average Bonchev–Trinajstić information content (AvgIpc) is 2.71. The van der Waals surface area contributed by atoms with Crippen LogP contribution in [0, 0.1) is 5.82 Å². The van der Waals surface area contributed by atoms with E-state index >= 15 is 0 Å². The third kappa shape index (κ3) is 7.06. The Morgan fingerprint density at radius 1 is 1.23 bits per heavy atom. The SMILES string of the molecule is CC(C)OCc1ccccc1CNC(=O)CN1CCNCC1c1cccc(F)c1.Cl. The summed E-state index contributed by atoms with van der Waals surface area (Å²) in [5.41, 5.74) is 3.03. The molecule has 0 bridgehead atoms. The van der Waals surface area contributed by atoms with Gasteiger partial charge in [0.15, 0.2) is 0 Å². The molecular formula is C23H31ClFN3O2. The van der Waals surface area contributed by atoms with Crippen LogP contribution in [0.2, 0.25) is 0 Å². The lowest BCUT2D eigenvalue weighted by Crippen LogP contribution is -2.49. The molecule has 0 aromatic heterocycles. The predicted octanol–water partition coefficient (Wildman–Crippen LogP) is 3.44. The van der Waals surface area contributed by atoms with Gasteiger partial charge in [-0.15, -0.1) is 12.4 Å². The number of nitrogens with zero attached hydrogens (tertiary/aromatic N) is 1. The Bertz CT molecular complexity index is 819. The molecule has 1 heterocycles. The van der Waals surface area contributed by atoms with Gasteiger partial charge in [-0.2, -0.15) is 0 Å². The Morgan fingerprint density at radius 3 is 2.73 bits per heavy atom. The van der Waals surface area contributed by atoms with E-state index in [4.69, 9.17) is 4.74 Å². The second-order valence-corrected chi connectivity index (χ2v) is 7.65. The molecule has 1 unspecified atom stereocenters. The van der Waals surface area contributed by atoms with E-state index in [9.17, 15) is 9.18 Å². The summed E-state index contributed by atoms with van der Waals surface area (Å²) in [7, 11) is 0. The molecule has 2 aromatic rings. The summed E-state index contributed by atoms with van der Waals surface area (Å²) in [4.78, 5) is 14.7. The highest BCUT2D eigenvalue weighted by Crippen LogP contribution is 2.22. The highest BCUT2D eigenvalue weighted by atomic mass is 35.5. The van der Waals surface area contributed by atoms with Gasteiger partial charge in [-0.05, 0) is 42.7 Å². The number of rotatable bonds is 8. The molecule has 164 valence electrons. The van der Waals surface area contributed by atoms with Crippen molar-refractivity contribution >= 4 is 18.3 Å². The topological polar surface area (TPSA) is 53.6 Å². The number of benzene rings is 2. The Kier molecular flexibility index (Phi) is 9.72. The molecule has 2 aromatic carbocycles. The molecule has 0 saturated carbocycles. The first kappa shape index (κ1) is 24.3. The molecular weight excluding hydrogens is 405 g/mol. The van der Waals surface area contributed by atoms with Crippen molar-refractivity contribution in [2.75, 3.05) is 26.2 Å². The van der Waals surface area contributed by atoms with Crippen molar-refractivity contribution in [2.24, 2.45) is 0 Å². The maximum atomic E-state index is 13.6. The molecule has 0 aliphatic carbocycles. The van der Waals surface area contributed by atoms with Crippen molar-refractivity contribution in [1.29, 1.82) is 0 Å². The van der Waals surface area contributed by atoms with Gasteiger partial charge >= 0.3 is 0 Å². The van der Waals surface area contributed by atoms with E-state index in [-0.39, 0.29) is 42.8 Å². The second kappa shape index (κ2) is 12.0. The molecule has 30 heavy (non-hydrogen) atoms. The molecule has 1 fully saturated rings. The summed E-state index contributed by atoms with van der Waals surface area (Å²) in [6, 6.07) is 14.6. The molecule has 1 saturated heterocycles. The van der Waals surface area contributed by atoms with Crippen LogP contribution in [-0.2, 0) is 22.7 Å². The van der Waals surface area contributed by atoms with E-state index in [1.165, 1.54) is 6.07 Å². The highest BCUT2D eigenvalue weighted by Gasteiger charge is 2.25. The highest BCUT2D eigenvalue weighted by molar-refractivity contribution is 5.85. The van der Waals surface area contributed by atoms with Crippen LogP contribution in [0.15, 0.2) is 48.5 Å². The summed E-state index contributed by atoms with van der Waals surface area (Å²) in [6.45, 7) is 7.55. The van der Waals surface area contributed by atoms with Crippen LogP contribution in [0.3, 0.4) is 0 Å².